The summed E-state index contributed by atoms with van der Waals surface area (Å²) in [5, 5.41) is 6.35. The van der Waals surface area contributed by atoms with Crippen molar-refractivity contribution < 1.29 is 26.7 Å². The third-order valence-corrected chi connectivity index (χ3v) is 6.78. The first-order chi connectivity index (χ1) is 18.1. The van der Waals surface area contributed by atoms with Crippen LogP contribution in [-0.2, 0) is 5.92 Å². The van der Waals surface area contributed by atoms with E-state index in [4.69, 9.17) is 0 Å². The van der Waals surface area contributed by atoms with Gasteiger partial charge >= 0.3 is 12.1 Å². The molecule has 0 aliphatic rings. The van der Waals surface area contributed by atoms with Crippen molar-refractivity contribution in [1.29, 1.82) is 0 Å². The van der Waals surface area contributed by atoms with Gasteiger partial charge in [-0.15, -0.1) is 0 Å². The number of nitrogens with one attached hydrogen (secondary N) is 1. The summed E-state index contributed by atoms with van der Waals surface area (Å²) >= 11 is 0. The summed E-state index contributed by atoms with van der Waals surface area (Å²) in [6.07, 6.45) is 14.0. The van der Waals surface area contributed by atoms with Gasteiger partial charge < -0.3 is 5.32 Å². The first kappa shape index (κ1) is 32.0. The number of carbonyl (C=O) groups excluding carboxylic acids is 1. The Morgan fingerprint density at radius 2 is 1.26 bits per heavy atom. The molecule has 0 fully saturated rings. The molecule has 0 bridgehead atoms. The zero-order valence-corrected chi connectivity index (χ0v) is 22.8. The topological polar surface area (TPSA) is 59.3 Å². The maximum atomic E-state index is 14.0. The van der Waals surface area contributed by atoms with Gasteiger partial charge in [-0.1, -0.05) is 103 Å². The van der Waals surface area contributed by atoms with Crippen LogP contribution < -0.4 is 5.32 Å². The molecule has 10 heteroatoms. The van der Waals surface area contributed by atoms with Crippen LogP contribution in [0, 0.1) is 6.92 Å². The van der Waals surface area contributed by atoms with Crippen LogP contribution in [0.1, 0.15) is 132 Å². The summed E-state index contributed by atoms with van der Waals surface area (Å²) in [6, 6.07) is 1.75. The minimum absolute atomic E-state index is 0.0311. The number of hydrogen-bond acceptors (Lipinski definition) is 3. The zero-order valence-electron chi connectivity index (χ0n) is 22.8. The molecular weight excluding hydrogens is 503 g/mol. The Kier molecular flexibility index (Phi) is 13.4. The van der Waals surface area contributed by atoms with Crippen molar-refractivity contribution in [2.45, 2.75) is 129 Å². The first-order valence-electron chi connectivity index (χ1n) is 14.2. The fourth-order valence-corrected chi connectivity index (χ4v) is 4.55. The lowest BCUT2D eigenvalue weighted by atomic mass is 10.0. The van der Waals surface area contributed by atoms with Crippen LogP contribution in [0.3, 0.4) is 0 Å². The summed E-state index contributed by atoms with van der Waals surface area (Å²) in [7, 11) is 0. The first-order valence-corrected chi connectivity index (χ1v) is 14.2. The molecule has 216 valence electrons. The normalized spacial score (nSPS) is 12.4. The summed E-state index contributed by atoms with van der Waals surface area (Å²) in [4.78, 5) is 16.3. The highest BCUT2D eigenvalue weighted by Crippen LogP contribution is 2.43. The maximum absolute atomic E-state index is 14.0. The molecule has 0 saturated carbocycles. The van der Waals surface area contributed by atoms with Crippen LogP contribution in [0.2, 0.25) is 0 Å². The third-order valence-electron chi connectivity index (χ3n) is 6.78. The standard InChI is InChI=1S/C28H43F5N4O/c1-3-4-5-6-7-8-9-10-11-12-13-14-15-16-17-18-19-34-26(38)23-21-25-35-22(2)20-24(37(25)36-23)27(29,30)28(31,32)33/h20-21H,3-19H2,1-2H3,(H,34,38). The quantitative estimate of drug-likeness (QED) is 0.142. The van der Waals surface area contributed by atoms with E-state index in [2.05, 4.69) is 22.3 Å². The second kappa shape index (κ2) is 16.0. The lowest BCUT2D eigenvalue weighted by Gasteiger charge is -2.20. The van der Waals surface area contributed by atoms with Crippen molar-refractivity contribution in [3.8, 4) is 0 Å². The average Bonchev–Trinajstić information content (AvgIpc) is 3.28. The highest BCUT2D eigenvalue weighted by molar-refractivity contribution is 5.93. The minimum Gasteiger partial charge on any atom is -0.351 e. The van der Waals surface area contributed by atoms with Crippen LogP contribution >= 0.6 is 0 Å². The summed E-state index contributed by atoms with van der Waals surface area (Å²) in [6.45, 7) is 3.93. The van der Waals surface area contributed by atoms with E-state index in [0.717, 1.165) is 31.7 Å². The molecule has 0 radical (unpaired) electrons. The molecule has 0 atom stereocenters. The Morgan fingerprint density at radius 1 is 0.789 bits per heavy atom. The van der Waals surface area contributed by atoms with E-state index < -0.39 is 23.7 Å². The molecule has 0 aliphatic heterocycles. The third kappa shape index (κ3) is 10.1. The molecule has 2 heterocycles. The molecule has 0 aliphatic carbocycles. The van der Waals surface area contributed by atoms with Crippen LogP contribution in [0.25, 0.3) is 5.65 Å². The fraction of sp³-hybridized carbons (Fsp3) is 0.750. The van der Waals surface area contributed by atoms with Crippen molar-refractivity contribution in [1.82, 2.24) is 19.9 Å². The summed E-state index contributed by atoms with van der Waals surface area (Å²) in [5.74, 6) is -5.76. The summed E-state index contributed by atoms with van der Waals surface area (Å²) in [5.41, 5.74) is -1.89. The molecule has 5 nitrogen and oxygen atoms in total. The molecule has 0 spiro atoms. The predicted octanol–water partition coefficient (Wildman–Crippen LogP) is 8.68. The molecule has 1 N–H and O–H groups in total. The van der Waals surface area contributed by atoms with Gasteiger partial charge in [-0.05, 0) is 19.4 Å². The molecule has 2 aromatic rings. The number of fused-ring (bicyclic) bond motifs is 1. The number of nitrogens with zero attached hydrogens (tertiary/aromatic N) is 3. The van der Waals surface area contributed by atoms with E-state index in [1.54, 1.807) is 0 Å². The number of hydrogen-bond donors (Lipinski definition) is 1. The van der Waals surface area contributed by atoms with Crippen LogP contribution in [0.5, 0.6) is 0 Å². The average molecular weight is 547 g/mol. The van der Waals surface area contributed by atoms with Gasteiger partial charge in [-0.25, -0.2) is 9.50 Å². The van der Waals surface area contributed by atoms with E-state index in [1.807, 2.05) is 0 Å². The molecule has 2 rings (SSSR count). The number of unbranched alkanes of at least 4 members (excludes halogenated alkanes) is 15. The van der Waals surface area contributed by atoms with Crippen molar-refractivity contribution in [2.24, 2.45) is 0 Å². The smallest absolute Gasteiger partial charge is 0.351 e. The van der Waals surface area contributed by atoms with E-state index in [1.165, 1.54) is 84.0 Å². The van der Waals surface area contributed by atoms with Gasteiger partial charge in [0.1, 0.15) is 5.69 Å². The largest absolute Gasteiger partial charge is 0.459 e. The Bertz CT molecular complexity index is 974. The van der Waals surface area contributed by atoms with Gasteiger partial charge in [-0.3, -0.25) is 4.79 Å². The molecule has 0 aromatic carbocycles. The predicted molar refractivity (Wildman–Crippen MR) is 140 cm³/mol. The van der Waals surface area contributed by atoms with Crippen LogP contribution in [-0.4, -0.2) is 33.2 Å². The SMILES string of the molecule is CCCCCCCCCCCCCCCCCCNC(=O)c1cc2nc(C)cc(C(F)(F)C(F)(F)F)n2n1. The number of amides is 1. The number of aromatic nitrogens is 3. The van der Waals surface area contributed by atoms with Crippen LogP contribution in [0.4, 0.5) is 22.0 Å². The second-order valence-electron chi connectivity index (χ2n) is 10.2. The number of carbonyl (C=O) groups is 1. The van der Waals surface area contributed by atoms with Gasteiger partial charge in [0.2, 0.25) is 0 Å². The van der Waals surface area contributed by atoms with E-state index >= 15 is 0 Å². The van der Waals surface area contributed by atoms with Crippen molar-refractivity contribution in [3.63, 3.8) is 0 Å². The Balaban J connectivity index is 1.60. The second-order valence-corrected chi connectivity index (χ2v) is 10.2. The Morgan fingerprint density at radius 3 is 1.74 bits per heavy atom. The number of halogens is 5. The fourth-order valence-electron chi connectivity index (χ4n) is 4.55. The number of rotatable bonds is 19. The van der Waals surface area contributed by atoms with E-state index in [0.29, 0.717) is 17.1 Å². The Labute approximate surface area is 223 Å². The number of alkyl halides is 5. The molecule has 38 heavy (non-hydrogen) atoms. The van der Waals surface area contributed by atoms with Gasteiger partial charge in [0, 0.05) is 18.3 Å². The highest BCUT2D eigenvalue weighted by Gasteiger charge is 2.60. The van der Waals surface area contributed by atoms with Crippen molar-refractivity contribution in [3.05, 3.63) is 29.2 Å². The zero-order chi connectivity index (χ0) is 28.0. The Hall–Kier alpha value is -2.26. The lowest BCUT2D eigenvalue weighted by Crippen LogP contribution is -2.36. The van der Waals surface area contributed by atoms with Gasteiger partial charge in [-0.2, -0.15) is 27.1 Å². The molecule has 2 aromatic heterocycles. The van der Waals surface area contributed by atoms with E-state index in [-0.39, 0.29) is 17.0 Å². The van der Waals surface area contributed by atoms with Crippen molar-refractivity contribution >= 4 is 11.6 Å². The van der Waals surface area contributed by atoms with Crippen molar-refractivity contribution in [2.75, 3.05) is 6.54 Å². The van der Waals surface area contributed by atoms with Gasteiger partial charge in [0.15, 0.2) is 11.3 Å². The molecule has 0 unspecified atom stereocenters. The number of aryl methyl sites for hydroxylation is 1. The minimum atomic E-state index is -5.80. The van der Waals surface area contributed by atoms with E-state index in [9.17, 15) is 26.7 Å². The van der Waals surface area contributed by atoms with Gasteiger partial charge in [0.05, 0.1) is 0 Å². The molecule has 1 amide bonds. The monoisotopic (exact) mass is 546 g/mol. The van der Waals surface area contributed by atoms with Gasteiger partial charge in [0.25, 0.3) is 5.91 Å². The molecular formula is C28H43F5N4O. The molecule has 0 saturated heterocycles. The summed E-state index contributed by atoms with van der Waals surface area (Å²) < 4.78 is 67.1. The highest BCUT2D eigenvalue weighted by atomic mass is 19.4. The maximum Gasteiger partial charge on any atom is 0.459 e. The van der Waals surface area contributed by atoms with Crippen LogP contribution in [0.15, 0.2) is 12.1 Å². The lowest BCUT2D eigenvalue weighted by molar-refractivity contribution is -0.291.